The van der Waals surface area contributed by atoms with Crippen molar-refractivity contribution < 1.29 is 14.3 Å². The fourth-order valence-electron chi connectivity index (χ4n) is 4.74. The second-order valence-electron chi connectivity index (χ2n) is 9.25. The van der Waals surface area contributed by atoms with E-state index in [1.54, 1.807) is 30.0 Å². The van der Waals surface area contributed by atoms with E-state index in [0.717, 1.165) is 35.3 Å². The number of amides is 2. The van der Waals surface area contributed by atoms with Gasteiger partial charge in [0.25, 0.3) is 5.91 Å². The zero-order chi connectivity index (χ0) is 25.2. The Bertz CT molecular complexity index is 1370. The van der Waals surface area contributed by atoms with Gasteiger partial charge in [-0.05, 0) is 30.7 Å². The average Bonchev–Trinajstić information content (AvgIpc) is 3.51. The van der Waals surface area contributed by atoms with Crippen molar-refractivity contribution in [1.82, 2.24) is 19.8 Å². The Morgan fingerprint density at radius 3 is 2.69 bits per heavy atom. The number of rotatable bonds is 6. The number of benzene rings is 2. The minimum atomic E-state index is -0.299. The maximum Gasteiger partial charge on any atom is 0.257 e. The van der Waals surface area contributed by atoms with E-state index in [2.05, 4.69) is 15.6 Å². The molecule has 3 aromatic rings. The molecule has 9 heteroatoms. The van der Waals surface area contributed by atoms with Gasteiger partial charge in [0.05, 0.1) is 29.4 Å². The normalized spacial score (nSPS) is 17.9. The number of nitrogens with zero attached hydrogens (tertiary/aromatic N) is 3. The van der Waals surface area contributed by atoms with Crippen LogP contribution in [0.3, 0.4) is 0 Å². The van der Waals surface area contributed by atoms with Crippen LogP contribution in [-0.2, 0) is 16.6 Å². The number of aryl methyl sites for hydroxylation is 1. The summed E-state index contributed by atoms with van der Waals surface area (Å²) < 4.78 is 7.34. The van der Waals surface area contributed by atoms with Crippen molar-refractivity contribution >= 4 is 34.5 Å². The highest BCUT2D eigenvalue weighted by atomic mass is 16.5. The molecule has 1 aromatic heterocycles. The smallest absolute Gasteiger partial charge is 0.257 e. The van der Waals surface area contributed by atoms with E-state index >= 15 is 0 Å². The van der Waals surface area contributed by atoms with Crippen LogP contribution in [0.2, 0.25) is 0 Å². The number of aromatic nitrogens is 2. The Hall–Kier alpha value is -3.98. The van der Waals surface area contributed by atoms with Crippen LogP contribution < -0.4 is 10.6 Å². The van der Waals surface area contributed by atoms with Gasteiger partial charge in [0.1, 0.15) is 0 Å². The maximum absolute atomic E-state index is 13.1. The van der Waals surface area contributed by atoms with Crippen LogP contribution in [0.15, 0.2) is 59.8 Å². The first kappa shape index (κ1) is 23.7. The van der Waals surface area contributed by atoms with Gasteiger partial charge in [0.2, 0.25) is 11.9 Å². The summed E-state index contributed by atoms with van der Waals surface area (Å²) in [6.07, 6.45) is 1.57. The van der Waals surface area contributed by atoms with Crippen LogP contribution in [0.1, 0.15) is 35.7 Å². The fourth-order valence-corrected chi connectivity index (χ4v) is 4.74. The van der Waals surface area contributed by atoms with Crippen LogP contribution in [0.5, 0.6) is 0 Å². The lowest BCUT2D eigenvalue weighted by Crippen LogP contribution is -2.42. The number of carbonyl (C=O) groups excluding carboxylic acids is 2. The molecule has 1 unspecified atom stereocenters. The first-order chi connectivity index (χ1) is 17.4. The van der Waals surface area contributed by atoms with E-state index in [9.17, 15) is 9.59 Å². The molecule has 3 heterocycles. The largest absolute Gasteiger partial charge is 0.383 e. The number of imidazole rings is 1. The molecule has 0 aliphatic carbocycles. The Balaban J connectivity index is 1.40. The molecule has 2 aliphatic rings. The lowest BCUT2D eigenvalue weighted by atomic mass is 9.94. The van der Waals surface area contributed by atoms with E-state index in [0.29, 0.717) is 48.9 Å². The molecule has 2 amide bonds. The number of anilines is 1. The summed E-state index contributed by atoms with van der Waals surface area (Å²) in [6, 6.07) is 14.9. The minimum Gasteiger partial charge on any atom is -0.383 e. The minimum absolute atomic E-state index is 0.0147. The third-order valence-electron chi connectivity index (χ3n) is 6.83. The molecule has 186 valence electrons. The van der Waals surface area contributed by atoms with Gasteiger partial charge in [-0.1, -0.05) is 24.3 Å². The van der Waals surface area contributed by atoms with Crippen molar-refractivity contribution in [2.75, 3.05) is 31.6 Å². The molecule has 1 saturated heterocycles. The molecule has 0 radical (unpaired) electrons. The number of nitrogens with one attached hydrogen (secondary N) is 3. The molecule has 5 rings (SSSR count). The van der Waals surface area contributed by atoms with Crippen LogP contribution in [0, 0.1) is 5.41 Å². The van der Waals surface area contributed by atoms with Gasteiger partial charge in [0.15, 0.2) is 0 Å². The summed E-state index contributed by atoms with van der Waals surface area (Å²) in [5.74, 6) is 0.144. The molecule has 36 heavy (non-hydrogen) atoms. The summed E-state index contributed by atoms with van der Waals surface area (Å²) in [5.41, 5.74) is 4.84. The van der Waals surface area contributed by atoms with Crippen LogP contribution in [0.25, 0.3) is 11.0 Å². The molecule has 3 N–H and O–H groups in total. The van der Waals surface area contributed by atoms with Crippen molar-refractivity contribution in [1.29, 1.82) is 5.41 Å². The van der Waals surface area contributed by atoms with Crippen LogP contribution >= 0.6 is 0 Å². The Labute approximate surface area is 209 Å². The third kappa shape index (κ3) is 4.74. The Morgan fingerprint density at radius 2 is 1.94 bits per heavy atom. The van der Waals surface area contributed by atoms with Crippen molar-refractivity contribution in [3.63, 3.8) is 0 Å². The number of hydrogen-bond donors (Lipinski definition) is 3. The van der Waals surface area contributed by atoms with E-state index in [1.165, 1.54) is 0 Å². The number of hydrogen-bond acceptors (Lipinski definition) is 6. The standard InChI is InChI=1S/C27H30N6O3/c1-17(34)33-12-10-22(29-20-11-13-36-16-20)21(15-33)25(28)18-6-5-7-19(14-18)26(35)31-27-30-23-8-3-4-9-24(23)32(27)2/h3-9,14,20,28-29H,10-13,15-16H2,1-2H3,(H,30,31,35). The summed E-state index contributed by atoms with van der Waals surface area (Å²) in [5, 5.41) is 15.5. The van der Waals surface area contributed by atoms with Gasteiger partial charge < -0.3 is 19.5 Å². The van der Waals surface area contributed by atoms with Gasteiger partial charge in [0, 0.05) is 62.5 Å². The lowest BCUT2D eigenvalue weighted by molar-refractivity contribution is -0.128. The summed E-state index contributed by atoms with van der Waals surface area (Å²) in [4.78, 5) is 31.5. The monoisotopic (exact) mass is 486 g/mol. The zero-order valence-corrected chi connectivity index (χ0v) is 20.5. The van der Waals surface area contributed by atoms with Crippen molar-refractivity contribution in [3.05, 3.63) is 70.9 Å². The number of fused-ring (bicyclic) bond motifs is 1. The highest BCUT2D eigenvalue weighted by Crippen LogP contribution is 2.23. The molecular formula is C27H30N6O3. The van der Waals surface area contributed by atoms with Gasteiger partial charge in [-0.15, -0.1) is 0 Å². The topological polar surface area (TPSA) is 112 Å². The first-order valence-electron chi connectivity index (χ1n) is 12.1. The molecule has 2 aromatic carbocycles. The van der Waals surface area contributed by atoms with E-state index in [4.69, 9.17) is 10.1 Å². The number of para-hydroxylation sites is 2. The third-order valence-corrected chi connectivity index (χ3v) is 6.83. The van der Waals surface area contributed by atoms with Crippen molar-refractivity contribution in [3.8, 4) is 0 Å². The van der Waals surface area contributed by atoms with Gasteiger partial charge in [-0.25, -0.2) is 4.98 Å². The molecule has 0 saturated carbocycles. The molecular weight excluding hydrogens is 456 g/mol. The van der Waals surface area contributed by atoms with Gasteiger partial charge >= 0.3 is 0 Å². The zero-order valence-electron chi connectivity index (χ0n) is 20.5. The van der Waals surface area contributed by atoms with Crippen LogP contribution in [0.4, 0.5) is 5.95 Å². The molecule has 0 bridgehead atoms. The molecule has 1 atom stereocenters. The van der Waals surface area contributed by atoms with Crippen molar-refractivity contribution in [2.24, 2.45) is 7.05 Å². The van der Waals surface area contributed by atoms with E-state index in [1.807, 2.05) is 41.9 Å². The molecule has 9 nitrogen and oxygen atoms in total. The SMILES string of the molecule is CC(=O)N1CCC(NC2CCOC2)=C(C(=N)c2cccc(C(=O)Nc3nc4ccccc4n3C)c2)C1. The predicted octanol–water partition coefficient (Wildman–Crippen LogP) is 3.08. The molecule has 2 aliphatic heterocycles. The van der Waals surface area contributed by atoms with E-state index < -0.39 is 0 Å². The summed E-state index contributed by atoms with van der Waals surface area (Å²) >= 11 is 0. The first-order valence-corrected chi connectivity index (χ1v) is 12.1. The number of carbonyl (C=O) groups is 2. The van der Waals surface area contributed by atoms with Gasteiger partial charge in [-0.2, -0.15) is 0 Å². The second kappa shape index (κ2) is 9.94. The number of ether oxygens (including phenoxy) is 1. The van der Waals surface area contributed by atoms with Crippen LogP contribution in [-0.4, -0.2) is 64.3 Å². The molecule has 1 fully saturated rings. The average molecular weight is 487 g/mol. The quantitative estimate of drug-likeness (QED) is 0.464. The summed E-state index contributed by atoms with van der Waals surface area (Å²) in [6.45, 7) is 3.89. The summed E-state index contributed by atoms with van der Waals surface area (Å²) in [7, 11) is 1.86. The second-order valence-corrected chi connectivity index (χ2v) is 9.25. The Kier molecular flexibility index (Phi) is 6.56. The predicted molar refractivity (Wildman–Crippen MR) is 138 cm³/mol. The lowest BCUT2D eigenvalue weighted by Gasteiger charge is -2.32. The van der Waals surface area contributed by atoms with Crippen molar-refractivity contribution in [2.45, 2.75) is 25.8 Å². The Morgan fingerprint density at radius 1 is 1.14 bits per heavy atom. The molecule has 0 spiro atoms. The maximum atomic E-state index is 13.1. The fraction of sp³-hybridized carbons (Fsp3) is 0.333. The van der Waals surface area contributed by atoms with Gasteiger partial charge in [-0.3, -0.25) is 20.3 Å². The highest BCUT2D eigenvalue weighted by molar-refractivity contribution is 6.13. The van der Waals surface area contributed by atoms with E-state index in [-0.39, 0.29) is 17.9 Å². The highest BCUT2D eigenvalue weighted by Gasteiger charge is 2.27.